The van der Waals surface area contributed by atoms with Gasteiger partial charge in [-0.15, -0.1) is 0 Å². The van der Waals surface area contributed by atoms with Crippen molar-refractivity contribution >= 4 is 33.9 Å². The number of amides is 2. The van der Waals surface area contributed by atoms with Gasteiger partial charge in [0, 0.05) is 18.4 Å². The van der Waals surface area contributed by atoms with Crippen LogP contribution in [-0.4, -0.2) is 85.6 Å². The number of carbonyl (C=O) groups excluding carboxylic acids is 3. The van der Waals surface area contributed by atoms with Crippen LogP contribution in [0.25, 0.3) is 0 Å². The molecule has 16 heteroatoms. The number of nitrogens with one attached hydrogen (secondary N) is 1. The van der Waals surface area contributed by atoms with Gasteiger partial charge in [0.15, 0.2) is 13.2 Å². The highest BCUT2D eigenvalue weighted by Crippen LogP contribution is 2.32. The minimum atomic E-state index is -4.70. The van der Waals surface area contributed by atoms with Crippen LogP contribution in [0.2, 0.25) is 0 Å². The predicted octanol–water partition coefficient (Wildman–Crippen LogP) is 6.42. The number of hydrogen-bond donors (Lipinski definition) is 1. The molecule has 2 rings (SSSR count). The fraction of sp³-hybridized carbons (Fsp3) is 0.667. The van der Waals surface area contributed by atoms with Gasteiger partial charge in [-0.3, -0.25) is 9.59 Å². The Morgan fingerprint density at radius 2 is 1.58 bits per heavy atom. The lowest BCUT2D eigenvalue weighted by Crippen LogP contribution is -2.59. The molecule has 246 valence electrons. The monoisotopic (exact) mass is 694 g/mol. The van der Waals surface area contributed by atoms with Crippen LogP contribution in [0.3, 0.4) is 0 Å². The highest BCUT2D eigenvalue weighted by Gasteiger charge is 2.41. The van der Waals surface area contributed by atoms with Crippen molar-refractivity contribution in [3.05, 3.63) is 23.8 Å². The Labute approximate surface area is 254 Å². The lowest BCUT2D eigenvalue weighted by Gasteiger charge is -2.46. The summed E-state index contributed by atoms with van der Waals surface area (Å²) in [7, 11) is 0. The zero-order valence-electron chi connectivity index (χ0n) is 24.2. The topological polar surface area (TPSA) is 103 Å². The first-order chi connectivity index (χ1) is 20.1. The van der Waals surface area contributed by atoms with E-state index in [1.165, 1.54) is 4.90 Å². The molecule has 0 aromatic heterocycles. The second kappa shape index (κ2) is 18.0. The summed E-state index contributed by atoms with van der Waals surface area (Å²) in [6.45, 7) is 2.93. The van der Waals surface area contributed by atoms with Crippen molar-refractivity contribution in [3.8, 4) is 11.5 Å². The maximum Gasteiger partial charge on any atom is 0.422 e. The number of rotatable bonds is 12. The number of carbonyl (C=O) groups is 3. The molecular formula is C27H37BrF6N2O7. The standard InChI is InChI=1S/C22H28F6N2O5.C5H9BrO2/c1-3-20(9-5-6-10-30(20)19(32)33-4-2)12-29-18(31)16-11-15(34-13-21(23,24)25)7-8-17(16)35-14-22(26,27)28;1-2-8-5(7)3-4-6/h7-8,11H,3-6,9-10,12-14H2,1-2H3,(H,29,31);2-4H2,1H3. The summed E-state index contributed by atoms with van der Waals surface area (Å²) in [5.74, 6) is -1.87. The number of benzene rings is 1. The molecule has 1 saturated heterocycles. The van der Waals surface area contributed by atoms with Crippen molar-refractivity contribution in [1.29, 1.82) is 0 Å². The molecule has 1 aromatic carbocycles. The third kappa shape index (κ3) is 13.9. The SMILES string of the molecule is CCOC(=O)CCBr.CCOC(=O)N1CCCCC1(CC)CNC(=O)c1cc(OCC(F)(F)F)ccc1OCC(F)(F)F. The first-order valence-corrected chi connectivity index (χ1v) is 14.7. The van der Waals surface area contributed by atoms with Gasteiger partial charge in [-0.25, -0.2) is 4.79 Å². The average Bonchev–Trinajstić information content (AvgIpc) is 2.94. The number of nitrogens with zero attached hydrogens (tertiary/aromatic N) is 1. The van der Waals surface area contributed by atoms with Crippen LogP contribution in [0.1, 0.15) is 63.2 Å². The molecule has 1 aliphatic rings. The van der Waals surface area contributed by atoms with E-state index in [9.17, 15) is 40.7 Å². The van der Waals surface area contributed by atoms with Crippen LogP contribution in [0.15, 0.2) is 18.2 Å². The molecule has 1 heterocycles. The summed E-state index contributed by atoms with van der Waals surface area (Å²) in [5, 5.41) is 3.28. The lowest BCUT2D eigenvalue weighted by molar-refractivity contribution is -0.154. The van der Waals surface area contributed by atoms with Crippen LogP contribution in [0, 0.1) is 0 Å². The summed E-state index contributed by atoms with van der Waals surface area (Å²) in [4.78, 5) is 37.4. The quantitative estimate of drug-likeness (QED) is 0.153. The van der Waals surface area contributed by atoms with Crippen molar-refractivity contribution in [3.63, 3.8) is 0 Å². The summed E-state index contributed by atoms with van der Waals surface area (Å²) in [6.07, 6.45) is -6.91. The summed E-state index contributed by atoms with van der Waals surface area (Å²) >= 11 is 3.12. The van der Waals surface area contributed by atoms with Gasteiger partial charge in [0.1, 0.15) is 11.5 Å². The Morgan fingerprint density at radius 1 is 0.953 bits per heavy atom. The number of ether oxygens (including phenoxy) is 4. The molecular weight excluding hydrogens is 658 g/mol. The molecule has 0 radical (unpaired) electrons. The van der Waals surface area contributed by atoms with Crippen molar-refractivity contribution in [2.45, 2.75) is 70.8 Å². The van der Waals surface area contributed by atoms with Gasteiger partial charge in [0.25, 0.3) is 5.91 Å². The molecule has 1 fully saturated rings. The second-order valence-corrected chi connectivity index (χ2v) is 10.1. The van der Waals surface area contributed by atoms with Crippen LogP contribution < -0.4 is 14.8 Å². The molecule has 2 amide bonds. The van der Waals surface area contributed by atoms with E-state index in [1.807, 2.05) is 6.92 Å². The fourth-order valence-electron chi connectivity index (χ4n) is 4.14. The number of piperidine rings is 1. The van der Waals surface area contributed by atoms with E-state index in [1.54, 1.807) is 13.8 Å². The molecule has 0 saturated carbocycles. The molecule has 1 aromatic rings. The number of alkyl halides is 7. The number of halogens is 7. The minimum Gasteiger partial charge on any atom is -0.484 e. The van der Waals surface area contributed by atoms with E-state index in [4.69, 9.17) is 9.47 Å². The maximum absolute atomic E-state index is 13.0. The highest BCUT2D eigenvalue weighted by atomic mass is 79.9. The van der Waals surface area contributed by atoms with E-state index in [-0.39, 0.29) is 24.9 Å². The van der Waals surface area contributed by atoms with Gasteiger partial charge in [-0.05, 0) is 57.7 Å². The average molecular weight is 695 g/mol. The Bertz CT molecular complexity index is 1030. The van der Waals surface area contributed by atoms with E-state index in [0.717, 1.165) is 31.0 Å². The maximum atomic E-state index is 13.0. The van der Waals surface area contributed by atoms with Crippen LogP contribution >= 0.6 is 15.9 Å². The highest BCUT2D eigenvalue weighted by molar-refractivity contribution is 9.09. The molecule has 0 aliphatic carbocycles. The third-order valence-electron chi connectivity index (χ3n) is 6.16. The third-order valence-corrected chi connectivity index (χ3v) is 6.56. The van der Waals surface area contributed by atoms with E-state index in [0.29, 0.717) is 37.7 Å². The smallest absolute Gasteiger partial charge is 0.422 e. The zero-order valence-corrected chi connectivity index (χ0v) is 25.8. The van der Waals surface area contributed by atoms with Crippen LogP contribution in [0.4, 0.5) is 31.1 Å². The second-order valence-electron chi connectivity index (χ2n) is 9.28. The van der Waals surface area contributed by atoms with Crippen LogP contribution in [-0.2, 0) is 14.3 Å². The van der Waals surface area contributed by atoms with E-state index < -0.39 is 54.4 Å². The molecule has 1 atom stereocenters. The van der Waals surface area contributed by atoms with Gasteiger partial charge in [-0.2, -0.15) is 26.3 Å². The lowest BCUT2D eigenvalue weighted by atomic mass is 9.84. The van der Waals surface area contributed by atoms with Gasteiger partial charge < -0.3 is 29.2 Å². The van der Waals surface area contributed by atoms with Crippen LogP contribution in [0.5, 0.6) is 11.5 Å². The molecule has 0 spiro atoms. The molecule has 1 unspecified atom stereocenters. The summed E-state index contributed by atoms with van der Waals surface area (Å²) in [5.41, 5.74) is -1.23. The van der Waals surface area contributed by atoms with Gasteiger partial charge >= 0.3 is 24.4 Å². The zero-order chi connectivity index (χ0) is 32.7. The normalized spacial score (nSPS) is 16.8. The van der Waals surface area contributed by atoms with Crippen molar-refractivity contribution < 1.29 is 59.7 Å². The number of esters is 1. The molecule has 9 nitrogen and oxygen atoms in total. The predicted molar refractivity (Wildman–Crippen MR) is 148 cm³/mol. The Hall–Kier alpha value is -2.91. The van der Waals surface area contributed by atoms with E-state index >= 15 is 0 Å². The van der Waals surface area contributed by atoms with Gasteiger partial charge in [0.2, 0.25) is 0 Å². The fourth-order valence-corrected chi connectivity index (χ4v) is 4.46. The number of likely N-dealkylation sites (tertiary alicyclic amines) is 1. The van der Waals surface area contributed by atoms with Gasteiger partial charge in [-0.1, -0.05) is 22.9 Å². The molecule has 43 heavy (non-hydrogen) atoms. The molecule has 1 N–H and O–H groups in total. The van der Waals surface area contributed by atoms with Gasteiger partial charge in [0.05, 0.1) is 30.7 Å². The van der Waals surface area contributed by atoms with Crippen molar-refractivity contribution in [2.24, 2.45) is 0 Å². The minimum absolute atomic E-state index is 0.0481. The Balaban J connectivity index is 0.00000101. The Kier molecular flexibility index (Phi) is 16.0. The summed E-state index contributed by atoms with van der Waals surface area (Å²) in [6, 6.07) is 2.80. The van der Waals surface area contributed by atoms with Crippen molar-refractivity contribution in [2.75, 3.05) is 44.8 Å². The first-order valence-electron chi connectivity index (χ1n) is 13.6. The Morgan fingerprint density at radius 3 is 2.14 bits per heavy atom. The first kappa shape index (κ1) is 38.1. The van der Waals surface area contributed by atoms with E-state index in [2.05, 4.69) is 30.7 Å². The molecule has 1 aliphatic heterocycles. The number of hydrogen-bond acceptors (Lipinski definition) is 7. The largest absolute Gasteiger partial charge is 0.484 e. The van der Waals surface area contributed by atoms with Crippen molar-refractivity contribution in [1.82, 2.24) is 10.2 Å². The summed E-state index contributed by atoms with van der Waals surface area (Å²) < 4.78 is 94.5. The molecule has 0 bridgehead atoms.